The summed E-state index contributed by atoms with van der Waals surface area (Å²) < 4.78 is 10.8. The van der Waals surface area contributed by atoms with Crippen LogP contribution in [0.3, 0.4) is 0 Å². The number of epoxide rings is 1. The first kappa shape index (κ1) is 10.5. The topological polar surface area (TPSA) is 25.0 Å². The molecule has 3 nitrogen and oxygen atoms in total. The van der Waals surface area contributed by atoms with Crippen LogP contribution in [0.25, 0.3) is 0 Å². The van der Waals surface area contributed by atoms with Gasteiger partial charge in [-0.2, -0.15) is 0 Å². The fourth-order valence-electron chi connectivity index (χ4n) is 1.37. The average molecular weight is 207 g/mol. The smallest absolute Gasteiger partial charge is 0.119 e. The molecule has 0 aromatic heterocycles. The first-order valence-electron chi connectivity index (χ1n) is 5.25. The second kappa shape index (κ2) is 4.64. The second-order valence-corrected chi connectivity index (χ2v) is 4.04. The van der Waals surface area contributed by atoms with Crippen LogP contribution < -0.4 is 4.74 Å². The maximum atomic E-state index is 5.59. The summed E-state index contributed by atoms with van der Waals surface area (Å²) in [5.74, 6) is 0.932. The summed E-state index contributed by atoms with van der Waals surface area (Å²) >= 11 is 0. The largest absolute Gasteiger partial charge is 0.492 e. The van der Waals surface area contributed by atoms with Gasteiger partial charge in [0.15, 0.2) is 0 Å². The molecule has 82 valence electrons. The summed E-state index contributed by atoms with van der Waals surface area (Å²) in [6, 6.07) is 8.16. The van der Waals surface area contributed by atoms with E-state index < -0.39 is 0 Å². The molecule has 1 aliphatic rings. The Morgan fingerprint density at radius 2 is 2.00 bits per heavy atom. The first-order valence-corrected chi connectivity index (χ1v) is 5.25. The molecule has 1 unspecified atom stereocenters. The van der Waals surface area contributed by atoms with Gasteiger partial charge in [0.05, 0.1) is 6.61 Å². The van der Waals surface area contributed by atoms with E-state index in [-0.39, 0.29) is 0 Å². The molecular weight excluding hydrogens is 190 g/mol. The minimum absolute atomic E-state index is 0.334. The molecule has 1 heterocycles. The van der Waals surface area contributed by atoms with Gasteiger partial charge in [-0.1, -0.05) is 12.1 Å². The summed E-state index contributed by atoms with van der Waals surface area (Å²) in [6.07, 6.45) is 0.334. The quantitative estimate of drug-likeness (QED) is 0.687. The van der Waals surface area contributed by atoms with Gasteiger partial charge in [0.25, 0.3) is 0 Å². The van der Waals surface area contributed by atoms with Crippen molar-refractivity contribution in [3.8, 4) is 5.75 Å². The van der Waals surface area contributed by atoms with Gasteiger partial charge < -0.3 is 14.4 Å². The number of nitrogens with zero attached hydrogens (tertiary/aromatic N) is 1. The summed E-state index contributed by atoms with van der Waals surface area (Å²) in [5.41, 5.74) is 1.25. The van der Waals surface area contributed by atoms with Crippen LogP contribution in [0.4, 0.5) is 0 Å². The first-order chi connectivity index (χ1) is 7.25. The maximum absolute atomic E-state index is 5.59. The molecule has 15 heavy (non-hydrogen) atoms. The minimum atomic E-state index is 0.334. The molecule has 1 saturated heterocycles. The predicted molar refractivity (Wildman–Crippen MR) is 59.2 cm³/mol. The van der Waals surface area contributed by atoms with Crippen LogP contribution in [-0.4, -0.2) is 38.8 Å². The molecule has 0 N–H and O–H groups in total. The third-order valence-electron chi connectivity index (χ3n) is 2.39. The number of ether oxygens (including phenoxy) is 2. The number of benzene rings is 1. The van der Waals surface area contributed by atoms with E-state index in [1.54, 1.807) is 0 Å². The number of hydrogen-bond donors (Lipinski definition) is 0. The Balaban J connectivity index is 1.81. The molecule has 1 aromatic carbocycles. The van der Waals surface area contributed by atoms with Crippen molar-refractivity contribution in [1.29, 1.82) is 0 Å². The second-order valence-electron chi connectivity index (χ2n) is 4.04. The van der Waals surface area contributed by atoms with Crippen molar-refractivity contribution in [2.75, 3.05) is 33.9 Å². The van der Waals surface area contributed by atoms with Crippen LogP contribution in [0.1, 0.15) is 11.7 Å². The zero-order valence-electron chi connectivity index (χ0n) is 9.27. The van der Waals surface area contributed by atoms with Gasteiger partial charge in [-0.05, 0) is 31.8 Å². The van der Waals surface area contributed by atoms with Crippen molar-refractivity contribution in [3.05, 3.63) is 29.8 Å². The Hall–Kier alpha value is -1.06. The van der Waals surface area contributed by atoms with Crippen LogP contribution >= 0.6 is 0 Å². The molecule has 0 bridgehead atoms. The Morgan fingerprint density at radius 1 is 1.33 bits per heavy atom. The normalized spacial score (nSPS) is 19.3. The molecule has 0 saturated carbocycles. The number of likely N-dealkylation sites (N-methyl/N-ethyl adjacent to an activating group) is 1. The predicted octanol–water partition coefficient (Wildman–Crippen LogP) is 1.70. The molecule has 0 aliphatic carbocycles. The van der Waals surface area contributed by atoms with E-state index in [0.717, 1.165) is 25.5 Å². The van der Waals surface area contributed by atoms with E-state index in [0.29, 0.717) is 6.10 Å². The van der Waals surface area contributed by atoms with Crippen molar-refractivity contribution in [2.45, 2.75) is 6.10 Å². The Labute approximate surface area is 90.6 Å². The third kappa shape index (κ3) is 3.22. The lowest BCUT2D eigenvalue weighted by molar-refractivity contribution is 0.261. The summed E-state index contributed by atoms with van der Waals surface area (Å²) in [4.78, 5) is 2.10. The van der Waals surface area contributed by atoms with Crippen molar-refractivity contribution >= 4 is 0 Å². The third-order valence-corrected chi connectivity index (χ3v) is 2.39. The standard InChI is InChI=1S/C12H17NO2/c1-13(2)7-8-14-11-5-3-10(4-6-11)12-9-15-12/h3-6,12H,7-9H2,1-2H3. The molecule has 0 amide bonds. The molecule has 1 aromatic rings. The van der Waals surface area contributed by atoms with Crippen molar-refractivity contribution in [1.82, 2.24) is 4.90 Å². The lowest BCUT2D eigenvalue weighted by Crippen LogP contribution is -2.19. The highest BCUT2D eigenvalue weighted by atomic mass is 16.6. The van der Waals surface area contributed by atoms with Gasteiger partial charge in [-0.15, -0.1) is 0 Å². The van der Waals surface area contributed by atoms with Crippen LogP contribution in [0.15, 0.2) is 24.3 Å². The van der Waals surface area contributed by atoms with Crippen LogP contribution in [-0.2, 0) is 4.74 Å². The van der Waals surface area contributed by atoms with Crippen molar-refractivity contribution in [2.24, 2.45) is 0 Å². The average Bonchev–Trinajstić information content (AvgIpc) is 3.02. The molecule has 1 atom stereocenters. The van der Waals surface area contributed by atoms with Crippen LogP contribution in [0.5, 0.6) is 5.75 Å². The van der Waals surface area contributed by atoms with Crippen LogP contribution in [0, 0.1) is 0 Å². The Bertz CT molecular complexity index is 304. The Morgan fingerprint density at radius 3 is 2.53 bits per heavy atom. The highest BCUT2D eigenvalue weighted by Crippen LogP contribution is 2.30. The lowest BCUT2D eigenvalue weighted by atomic mass is 10.2. The summed E-state index contributed by atoms with van der Waals surface area (Å²) in [6.45, 7) is 2.53. The van der Waals surface area contributed by atoms with Gasteiger partial charge in [0.1, 0.15) is 18.5 Å². The molecule has 2 rings (SSSR count). The van der Waals surface area contributed by atoms with Gasteiger partial charge in [-0.25, -0.2) is 0 Å². The number of hydrogen-bond acceptors (Lipinski definition) is 3. The Kier molecular flexibility index (Phi) is 3.23. The van der Waals surface area contributed by atoms with Gasteiger partial charge in [-0.3, -0.25) is 0 Å². The van der Waals surface area contributed by atoms with E-state index >= 15 is 0 Å². The molecule has 0 spiro atoms. The fourth-order valence-corrected chi connectivity index (χ4v) is 1.37. The van der Waals surface area contributed by atoms with Crippen LogP contribution in [0.2, 0.25) is 0 Å². The SMILES string of the molecule is CN(C)CCOc1ccc(C2CO2)cc1. The monoisotopic (exact) mass is 207 g/mol. The van der Waals surface area contributed by atoms with Gasteiger partial charge >= 0.3 is 0 Å². The van der Waals surface area contributed by atoms with E-state index in [1.165, 1.54) is 5.56 Å². The van der Waals surface area contributed by atoms with E-state index in [9.17, 15) is 0 Å². The van der Waals surface area contributed by atoms with Gasteiger partial charge in [0.2, 0.25) is 0 Å². The van der Waals surface area contributed by atoms with Crippen molar-refractivity contribution < 1.29 is 9.47 Å². The summed E-state index contributed by atoms with van der Waals surface area (Å²) in [7, 11) is 4.08. The van der Waals surface area contributed by atoms with Gasteiger partial charge in [0, 0.05) is 6.54 Å². The zero-order valence-corrected chi connectivity index (χ0v) is 9.27. The minimum Gasteiger partial charge on any atom is -0.492 e. The lowest BCUT2D eigenvalue weighted by Gasteiger charge is -2.11. The molecule has 1 aliphatic heterocycles. The van der Waals surface area contributed by atoms with E-state index in [4.69, 9.17) is 9.47 Å². The van der Waals surface area contributed by atoms with Crippen molar-refractivity contribution in [3.63, 3.8) is 0 Å². The maximum Gasteiger partial charge on any atom is 0.119 e. The molecule has 3 heteroatoms. The molecule has 0 radical (unpaired) electrons. The van der Waals surface area contributed by atoms with E-state index in [1.807, 2.05) is 26.2 Å². The number of rotatable bonds is 5. The fraction of sp³-hybridized carbons (Fsp3) is 0.500. The molecular formula is C12H17NO2. The highest BCUT2D eigenvalue weighted by Gasteiger charge is 2.24. The van der Waals surface area contributed by atoms with E-state index in [2.05, 4.69) is 17.0 Å². The summed E-state index contributed by atoms with van der Waals surface area (Å²) in [5, 5.41) is 0. The highest BCUT2D eigenvalue weighted by molar-refractivity contribution is 5.29. The zero-order chi connectivity index (χ0) is 10.7. The molecule has 1 fully saturated rings.